The normalized spacial score (nSPS) is 17.7. The zero-order chi connectivity index (χ0) is 22.4. The van der Waals surface area contributed by atoms with E-state index in [0.29, 0.717) is 24.2 Å². The van der Waals surface area contributed by atoms with Crippen LogP contribution in [0.5, 0.6) is 0 Å². The number of carbonyl (C=O) groups excluding carboxylic acids is 1. The minimum absolute atomic E-state index is 0.168. The van der Waals surface area contributed by atoms with Crippen molar-refractivity contribution in [2.75, 3.05) is 16.8 Å². The van der Waals surface area contributed by atoms with Crippen LogP contribution in [0.1, 0.15) is 36.8 Å². The molecule has 1 N–H and O–H groups in total. The summed E-state index contributed by atoms with van der Waals surface area (Å²) in [6.45, 7) is 0.706. The molecule has 1 aliphatic carbocycles. The predicted octanol–water partition coefficient (Wildman–Crippen LogP) is 5.73. The van der Waals surface area contributed by atoms with Gasteiger partial charge in [-0.25, -0.2) is 13.2 Å². The average molecular weight is 442 g/mol. The summed E-state index contributed by atoms with van der Waals surface area (Å²) in [4.78, 5) is 14.0. The van der Waals surface area contributed by atoms with Gasteiger partial charge in [0.05, 0.1) is 5.41 Å². The van der Waals surface area contributed by atoms with Crippen molar-refractivity contribution in [3.05, 3.63) is 58.9 Å². The summed E-state index contributed by atoms with van der Waals surface area (Å²) >= 11 is 0. The van der Waals surface area contributed by atoms with Crippen LogP contribution in [-0.4, -0.2) is 18.6 Å². The number of alkyl halides is 3. The fraction of sp³-hybridized carbons (Fsp3) is 0.409. The van der Waals surface area contributed by atoms with Crippen LogP contribution in [-0.2, 0) is 17.8 Å². The van der Waals surface area contributed by atoms with E-state index in [4.69, 9.17) is 0 Å². The van der Waals surface area contributed by atoms with Crippen LogP contribution in [0.2, 0.25) is 0 Å². The lowest BCUT2D eigenvalue weighted by Crippen LogP contribution is -2.30. The van der Waals surface area contributed by atoms with Crippen molar-refractivity contribution >= 4 is 17.3 Å². The SMILES string of the molecule is O=C(CC1(C(F)(F)F)CC1)Nc1c(F)cc2c(c1F)CCCN(c1ccc(F)cc1)C2. The fourth-order valence-electron chi connectivity index (χ4n) is 4.04. The van der Waals surface area contributed by atoms with Crippen LogP contribution in [0, 0.1) is 22.9 Å². The Bertz CT molecular complexity index is 999. The van der Waals surface area contributed by atoms with Crippen LogP contribution in [0.15, 0.2) is 30.3 Å². The van der Waals surface area contributed by atoms with Gasteiger partial charge in [-0.1, -0.05) is 0 Å². The largest absolute Gasteiger partial charge is 0.395 e. The van der Waals surface area contributed by atoms with Crippen LogP contribution in [0.25, 0.3) is 0 Å². The minimum Gasteiger partial charge on any atom is -0.367 e. The predicted molar refractivity (Wildman–Crippen MR) is 103 cm³/mol. The lowest BCUT2D eigenvalue weighted by atomic mass is 10.00. The lowest BCUT2D eigenvalue weighted by Gasteiger charge is -2.23. The van der Waals surface area contributed by atoms with Gasteiger partial charge in [0.25, 0.3) is 0 Å². The third-order valence-corrected chi connectivity index (χ3v) is 6.04. The van der Waals surface area contributed by atoms with Gasteiger partial charge >= 0.3 is 6.18 Å². The molecule has 1 fully saturated rings. The monoisotopic (exact) mass is 442 g/mol. The molecular formula is C22H20F6N2O. The van der Waals surface area contributed by atoms with Gasteiger partial charge in [-0.3, -0.25) is 4.79 Å². The molecule has 4 rings (SSSR count). The first kappa shape index (κ1) is 21.5. The van der Waals surface area contributed by atoms with Crippen LogP contribution in [0.4, 0.5) is 37.7 Å². The molecule has 1 heterocycles. The van der Waals surface area contributed by atoms with Crippen molar-refractivity contribution in [1.82, 2.24) is 0 Å². The Morgan fingerprint density at radius 3 is 2.39 bits per heavy atom. The number of hydrogen-bond acceptors (Lipinski definition) is 2. The number of rotatable bonds is 4. The zero-order valence-electron chi connectivity index (χ0n) is 16.5. The summed E-state index contributed by atoms with van der Waals surface area (Å²) in [6, 6.07) is 6.86. The molecule has 0 radical (unpaired) electrons. The molecule has 0 atom stereocenters. The molecule has 1 saturated carbocycles. The van der Waals surface area contributed by atoms with E-state index < -0.39 is 47.1 Å². The maximum Gasteiger partial charge on any atom is 0.395 e. The summed E-state index contributed by atoms with van der Waals surface area (Å²) in [5.41, 5.74) is -1.50. The maximum atomic E-state index is 15.1. The first-order chi connectivity index (χ1) is 14.6. The Kier molecular flexibility index (Phi) is 5.39. The number of halogens is 6. The number of nitrogens with zero attached hydrogens (tertiary/aromatic N) is 1. The van der Waals surface area contributed by atoms with Crippen molar-refractivity contribution in [1.29, 1.82) is 0 Å². The molecule has 0 aromatic heterocycles. The second-order valence-corrected chi connectivity index (χ2v) is 8.19. The Morgan fingerprint density at radius 2 is 1.77 bits per heavy atom. The van der Waals surface area contributed by atoms with E-state index in [1.54, 1.807) is 12.1 Å². The molecule has 3 nitrogen and oxygen atoms in total. The Labute approximate surface area is 175 Å². The van der Waals surface area contributed by atoms with Gasteiger partial charge in [-0.15, -0.1) is 0 Å². The van der Waals surface area contributed by atoms with E-state index in [1.807, 2.05) is 10.2 Å². The summed E-state index contributed by atoms with van der Waals surface area (Å²) in [6.07, 6.45) is -4.92. The van der Waals surface area contributed by atoms with Crippen molar-refractivity contribution in [2.45, 2.75) is 44.8 Å². The number of hydrogen-bond donors (Lipinski definition) is 1. The molecule has 2 aromatic carbocycles. The van der Waals surface area contributed by atoms with Gasteiger partial charge in [0.1, 0.15) is 17.3 Å². The molecule has 9 heteroatoms. The van der Waals surface area contributed by atoms with Gasteiger partial charge < -0.3 is 10.2 Å². The highest BCUT2D eigenvalue weighted by Gasteiger charge is 2.63. The quantitative estimate of drug-likeness (QED) is 0.614. The van der Waals surface area contributed by atoms with Crippen molar-refractivity contribution in [3.8, 4) is 0 Å². The fourth-order valence-corrected chi connectivity index (χ4v) is 4.04. The van der Waals surface area contributed by atoms with Crippen molar-refractivity contribution in [3.63, 3.8) is 0 Å². The first-order valence-corrected chi connectivity index (χ1v) is 9.96. The molecule has 0 unspecified atom stereocenters. The molecule has 2 aliphatic rings. The first-order valence-electron chi connectivity index (χ1n) is 9.96. The highest BCUT2D eigenvalue weighted by atomic mass is 19.4. The molecule has 1 amide bonds. The van der Waals surface area contributed by atoms with E-state index in [2.05, 4.69) is 0 Å². The third kappa shape index (κ3) is 4.22. The molecule has 0 spiro atoms. The zero-order valence-corrected chi connectivity index (χ0v) is 16.5. The topological polar surface area (TPSA) is 32.3 Å². The van der Waals surface area contributed by atoms with E-state index in [9.17, 15) is 26.7 Å². The number of amides is 1. The van der Waals surface area contributed by atoms with Gasteiger partial charge in [-0.05, 0) is 67.1 Å². The van der Waals surface area contributed by atoms with Crippen LogP contribution >= 0.6 is 0 Å². The average Bonchev–Trinajstić information content (AvgIpc) is 3.49. The van der Waals surface area contributed by atoms with E-state index in [-0.39, 0.29) is 31.4 Å². The van der Waals surface area contributed by atoms with Gasteiger partial charge in [-0.2, -0.15) is 13.2 Å². The highest BCUT2D eigenvalue weighted by Crippen LogP contribution is 2.60. The molecular weight excluding hydrogens is 422 g/mol. The summed E-state index contributed by atoms with van der Waals surface area (Å²) in [5, 5.41) is 2.02. The molecule has 31 heavy (non-hydrogen) atoms. The minimum atomic E-state index is -4.53. The Morgan fingerprint density at radius 1 is 1.10 bits per heavy atom. The third-order valence-electron chi connectivity index (χ3n) is 6.04. The van der Waals surface area contributed by atoms with Gasteiger partial charge in [0.2, 0.25) is 5.91 Å². The highest BCUT2D eigenvalue weighted by molar-refractivity contribution is 5.92. The van der Waals surface area contributed by atoms with Crippen molar-refractivity contribution in [2.24, 2.45) is 5.41 Å². The van der Waals surface area contributed by atoms with E-state index in [1.165, 1.54) is 12.1 Å². The number of anilines is 2. The molecule has 0 saturated heterocycles. The second kappa shape index (κ2) is 7.76. The summed E-state index contributed by atoms with van der Waals surface area (Å²) in [5.74, 6) is -3.45. The maximum absolute atomic E-state index is 15.1. The molecule has 166 valence electrons. The Balaban J connectivity index is 1.55. The molecule has 0 bridgehead atoms. The van der Waals surface area contributed by atoms with Gasteiger partial charge in [0.15, 0.2) is 5.82 Å². The second-order valence-electron chi connectivity index (χ2n) is 8.19. The number of nitrogens with one attached hydrogen (secondary N) is 1. The van der Waals surface area contributed by atoms with Crippen LogP contribution < -0.4 is 10.2 Å². The van der Waals surface area contributed by atoms with E-state index in [0.717, 1.165) is 6.07 Å². The van der Waals surface area contributed by atoms with Crippen molar-refractivity contribution < 1.29 is 31.1 Å². The number of carbonyl (C=O) groups is 1. The summed E-state index contributed by atoms with van der Waals surface area (Å²) < 4.78 is 82.1. The molecule has 2 aromatic rings. The van der Waals surface area contributed by atoms with Gasteiger partial charge in [0, 0.05) is 25.2 Å². The van der Waals surface area contributed by atoms with Crippen LogP contribution in [0.3, 0.4) is 0 Å². The number of fused-ring (bicyclic) bond motifs is 1. The number of benzene rings is 2. The summed E-state index contributed by atoms with van der Waals surface area (Å²) in [7, 11) is 0. The lowest BCUT2D eigenvalue weighted by molar-refractivity contribution is -0.189. The molecule has 1 aliphatic heterocycles. The Hall–Kier alpha value is -2.71. The smallest absolute Gasteiger partial charge is 0.367 e. The van der Waals surface area contributed by atoms with E-state index >= 15 is 4.39 Å². The standard InChI is InChI=1S/C22H20F6N2O/c23-14-3-5-15(6-4-14)30-9-1-2-16-13(12-30)10-17(24)20(19(16)25)29-18(31)11-21(7-8-21)22(26,27)28/h3-6,10H,1-2,7-9,11-12H2,(H,29,31).